The third kappa shape index (κ3) is 4.01. The molecule has 1 saturated heterocycles. The molecule has 30 heavy (non-hydrogen) atoms. The predicted molar refractivity (Wildman–Crippen MR) is 109 cm³/mol. The fourth-order valence-corrected chi connectivity index (χ4v) is 3.79. The average Bonchev–Trinajstić information content (AvgIpc) is 3.27. The standard InChI is InChI=1S/C21H11ClF3NO3S/c22-14-4-6-15(7-5-14)26-19(27)18(30-20(26)28)11-16-8-9-17(29-16)12-2-1-3-13(10-12)21(23,24)25/h1-11H/b18-11-. The van der Waals surface area contributed by atoms with Crippen LogP contribution < -0.4 is 4.90 Å². The number of rotatable bonds is 3. The largest absolute Gasteiger partial charge is 0.457 e. The van der Waals surface area contributed by atoms with E-state index < -0.39 is 22.9 Å². The molecule has 0 saturated carbocycles. The van der Waals surface area contributed by atoms with Crippen molar-refractivity contribution >= 4 is 46.3 Å². The van der Waals surface area contributed by atoms with Gasteiger partial charge in [-0.1, -0.05) is 23.7 Å². The molecular weight excluding hydrogens is 439 g/mol. The minimum atomic E-state index is -4.47. The smallest absolute Gasteiger partial charge is 0.416 e. The Morgan fingerprint density at radius 3 is 2.43 bits per heavy atom. The Labute approximate surface area is 177 Å². The lowest BCUT2D eigenvalue weighted by Gasteiger charge is -2.11. The molecule has 1 fully saturated rings. The molecule has 1 aromatic heterocycles. The summed E-state index contributed by atoms with van der Waals surface area (Å²) in [7, 11) is 0. The van der Waals surface area contributed by atoms with Crippen LogP contribution in [0.4, 0.5) is 23.7 Å². The van der Waals surface area contributed by atoms with Gasteiger partial charge in [0.2, 0.25) is 0 Å². The highest BCUT2D eigenvalue weighted by atomic mass is 35.5. The second kappa shape index (κ2) is 7.70. The molecule has 0 N–H and O–H groups in total. The lowest BCUT2D eigenvalue weighted by molar-refractivity contribution is -0.137. The van der Waals surface area contributed by atoms with Gasteiger partial charge in [-0.3, -0.25) is 9.59 Å². The van der Waals surface area contributed by atoms with Gasteiger partial charge in [0.05, 0.1) is 16.2 Å². The number of thioether (sulfide) groups is 1. The van der Waals surface area contributed by atoms with E-state index in [1.54, 1.807) is 24.3 Å². The van der Waals surface area contributed by atoms with Crippen LogP contribution in [0.3, 0.4) is 0 Å². The third-order valence-corrected chi connectivity index (χ3v) is 5.37. The Morgan fingerprint density at radius 2 is 1.73 bits per heavy atom. The molecular formula is C21H11ClF3NO3S. The second-order valence-corrected chi connectivity index (χ2v) is 7.70. The molecule has 0 spiro atoms. The number of halogens is 4. The zero-order valence-corrected chi connectivity index (χ0v) is 16.5. The summed E-state index contributed by atoms with van der Waals surface area (Å²) in [6.07, 6.45) is -3.08. The molecule has 3 aromatic rings. The van der Waals surface area contributed by atoms with Crippen LogP contribution in [-0.4, -0.2) is 11.1 Å². The first-order valence-electron chi connectivity index (χ1n) is 8.53. The van der Waals surface area contributed by atoms with E-state index in [2.05, 4.69) is 0 Å². The minimum Gasteiger partial charge on any atom is -0.457 e. The van der Waals surface area contributed by atoms with Gasteiger partial charge >= 0.3 is 6.18 Å². The van der Waals surface area contributed by atoms with Crippen molar-refractivity contribution in [1.82, 2.24) is 0 Å². The predicted octanol–water partition coefficient (Wildman–Crippen LogP) is 6.86. The van der Waals surface area contributed by atoms with Crippen LogP contribution in [0, 0.1) is 0 Å². The molecule has 2 amide bonds. The summed E-state index contributed by atoms with van der Waals surface area (Å²) in [5, 5.41) is -0.00259. The summed E-state index contributed by atoms with van der Waals surface area (Å²) >= 11 is 6.58. The van der Waals surface area contributed by atoms with E-state index in [9.17, 15) is 22.8 Å². The number of alkyl halides is 3. The highest BCUT2D eigenvalue weighted by Gasteiger charge is 2.36. The van der Waals surface area contributed by atoms with Crippen molar-refractivity contribution in [2.75, 3.05) is 4.90 Å². The van der Waals surface area contributed by atoms with Crippen LogP contribution in [0.1, 0.15) is 11.3 Å². The molecule has 0 aliphatic carbocycles. The van der Waals surface area contributed by atoms with Gasteiger partial charge in [0, 0.05) is 16.7 Å². The fraction of sp³-hybridized carbons (Fsp3) is 0.0476. The average molecular weight is 450 g/mol. The summed E-state index contributed by atoms with van der Waals surface area (Å²) in [4.78, 5) is 26.1. The number of amides is 2. The lowest BCUT2D eigenvalue weighted by atomic mass is 10.1. The van der Waals surface area contributed by atoms with Gasteiger partial charge in [0.25, 0.3) is 11.1 Å². The molecule has 2 aromatic carbocycles. The van der Waals surface area contributed by atoms with Gasteiger partial charge < -0.3 is 4.42 Å². The molecule has 0 bridgehead atoms. The van der Waals surface area contributed by atoms with Gasteiger partial charge in [0.1, 0.15) is 11.5 Å². The Bertz CT molecular complexity index is 1170. The molecule has 2 heterocycles. The Hall–Kier alpha value is -2.97. The summed E-state index contributed by atoms with van der Waals surface area (Å²) in [5.74, 6) is -0.0716. The van der Waals surface area contributed by atoms with Crippen LogP contribution in [0.5, 0.6) is 0 Å². The van der Waals surface area contributed by atoms with Crippen molar-refractivity contribution in [3.05, 3.63) is 81.9 Å². The molecule has 152 valence electrons. The van der Waals surface area contributed by atoms with Crippen molar-refractivity contribution in [2.24, 2.45) is 0 Å². The topological polar surface area (TPSA) is 50.5 Å². The summed E-state index contributed by atoms with van der Waals surface area (Å²) in [6, 6.07) is 14.0. The van der Waals surface area contributed by atoms with Crippen LogP contribution >= 0.6 is 23.4 Å². The van der Waals surface area contributed by atoms with E-state index in [1.165, 1.54) is 30.3 Å². The second-order valence-electron chi connectivity index (χ2n) is 6.27. The van der Waals surface area contributed by atoms with E-state index in [0.29, 0.717) is 10.7 Å². The summed E-state index contributed by atoms with van der Waals surface area (Å²) in [6.45, 7) is 0. The maximum atomic E-state index is 12.9. The SMILES string of the molecule is O=C1S/C(=C\c2ccc(-c3cccc(C(F)(F)F)c3)o2)C(=O)N1c1ccc(Cl)cc1. The summed E-state index contributed by atoms with van der Waals surface area (Å²) < 4.78 is 44.3. The van der Waals surface area contributed by atoms with Crippen LogP contribution in [0.2, 0.25) is 5.02 Å². The van der Waals surface area contributed by atoms with E-state index in [4.69, 9.17) is 16.0 Å². The van der Waals surface area contributed by atoms with Crippen LogP contribution in [0.25, 0.3) is 17.4 Å². The zero-order valence-electron chi connectivity index (χ0n) is 14.9. The minimum absolute atomic E-state index is 0.139. The highest BCUT2D eigenvalue weighted by Crippen LogP contribution is 2.37. The molecule has 1 aliphatic rings. The maximum Gasteiger partial charge on any atom is 0.416 e. The first-order chi connectivity index (χ1) is 14.2. The number of imide groups is 1. The van der Waals surface area contributed by atoms with Crippen LogP contribution in [-0.2, 0) is 11.0 Å². The van der Waals surface area contributed by atoms with E-state index in [0.717, 1.165) is 28.8 Å². The Balaban J connectivity index is 1.60. The first-order valence-corrected chi connectivity index (χ1v) is 9.73. The molecule has 9 heteroatoms. The number of anilines is 1. The third-order valence-electron chi connectivity index (χ3n) is 4.25. The molecule has 4 rings (SSSR count). The first kappa shape index (κ1) is 20.3. The molecule has 0 radical (unpaired) electrons. The highest BCUT2D eigenvalue weighted by molar-refractivity contribution is 8.19. The van der Waals surface area contributed by atoms with Crippen molar-refractivity contribution in [2.45, 2.75) is 6.18 Å². The molecule has 0 unspecified atom stereocenters. The molecule has 0 atom stereocenters. The van der Waals surface area contributed by atoms with Crippen molar-refractivity contribution < 1.29 is 27.2 Å². The number of carbonyl (C=O) groups is 2. The summed E-state index contributed by atoms with van der Waals surface area (Å²) in [5.41, 5.74) is -0.157. The van der Waals surface area contributed by atoms with Gasteiger partial charge in [0.15, 0.2) is 0 Å². The maximum absolute atomic E-state index is 12.9. The van der Waals surface area contributed by atoms with E-state index >= 15 is 0 Å². The quantitative estimate of drug-likeness (QED) is 0.410. The molecule has 1 aliphatic heterocycles. The number of hydrogen-bond donors (Lipinski definition) is 0. The number of hydrogen-bond acceptors (Lipinski definition) is 4. The van der Waals surface area contributed by atoms with E-state index in [-0.39, 0.29) is 22.0 Å². The van der Waals surface area contributed by atoms with E-state index in [1.807, 2.05) is 0 Å². The van der Waals surface area contributed by atoms with Crippen LogP contribution in [0.15, 0.2) is 70.0 Å². The Morgan fingerprint density at radius 1 is 1.00 bits per heavy atom. The van der Waals surface area contributed by atoms with Gasteiger partial charge in [-0.15, -0.1) is 0 Å². The van der Waals surface area contributed by atoms with Crippen molar-refractivity contribution in [3.8, 4) is 11.3 Å². The van der Waals surface area contributed by atoms with Crippen molar-refractivity contribution in [3.63, 3.8) is 0 Å². The molecule has 4 nitrogen and oxygen atoms in total. The van der Waals surface area contributed by atoms with Crippen molar-refractivity contribution in [1.29, 1.82) is 0 Å². The Kier molecular flexibility index (Phi) is 5.21. The number of benzene rings is 2. The number of nitrogens with zero attached hydrogens (tertiary/aromatic N) is 1. The normalized spacial score (nSPS) is 16.0. The monoisotopic (exact) mass is 449 g/mol. The number of furan rings is 1. The zero-order chi connectivity index (χ0) is 21.5. The number of carbonyl (C=O) groups excluding carboxylic acids is 2. The fourth-order valence-electron chi connectivity index (χ4n) is 2.84. The lowest BCUT2D eigenvalue weighted by Crippen LogP contribution is -2.27. The van der Waals surface area contributed by atoms with Gasteiger partial charge in [-0.25, -0.2) is 4.90 Å². The van der Waals surface area contributed by atoms with Gasteiger partial charge in [-0.05, 0) is 60.3 Å². The van der Waals surface area contributed by atoms with Gasteiger partial charge in [-0.2, -0.15) is 13.2 Å².